The largest absolute Gasteiger partial charge is 0.381 e. The molecule has 0 aromatic rings. The standard InChI is InChI=1S/C11H20ClNO2/c1-9(12)3-2-6-13-11(14)10-4-7-15-8-5-10/h9-10H,2-8H2,1H3,(H,13,14). The predicted octanol–water partition coefficient (Wildman–Crippen LogP) is 1.94. The fraction of sp³-hybridized carbons (Fsp3) is 0.909. The van der Waals surface area contributed by atoms with Crippen LogP contribution < -0.4 is 5.32 Å². The molecule has 0 saturated carbocycles. The van der Waals surface area contributed by atoms with E-state index in [0.717, 1.165) is 45.4 Å². The number of alkyl halides is 1. The first-order chi connectivity index (χ1) is 7.20. The third kappa shape index (κ3) is 5.38. The summed E-state index contributed by atoms with van der Waals surface area (Å²) in [6.45, 7) is 4.16. The molecular weight excluding hydrogens is 214 g/mol. The molecule has 0 aromatic heterocycles. The average Bonchev–Trinajstić information content (AvgIpc) is 2.25. The van der Waals surface area contributed by atoms with Gasteiger partial charge in [0.15, 0.2) is 0 Å². The number of ether oxygens (including phenoxy) is 1. The number of carbonyl (C=O) groups is 1. The Morgan fingerprint density at radius 3 is 2.80 bits per heavy atom. The molecule has 0 spiro atoms. The van der Waals surface area contributed by atoms with E-state index in [2.05, 4.69) is 5.32 Å². The number of hydrogen-bond acceptors (Lipinski definition) is 2. The monoisotopic (exact) mass is 233 g/mol. The molecule has 4 heteroatoms. The molecule has 15 heavy (non-hydrogen) atoms. The third-order valence-electron chi connectivity index (χ3n) is 2.67. The Kier molecular flexibility index (Phi) is 6.03. The van der Waals surface area contributed by atoms with E-state index < -0.39 is 0 Å². The van der Waals surface area contributed by atoms with Crippen LogP contribution in [-0.2, 0) is 9.53 Å². The number of nitrogens with one attached hydrogen (secondary N) is 1. The van der Waals surface area contributed by atoms with E-state index in [1.54, 1.807) is 0 Å². The lowest BCUT2D eigenvalue weighted by Crippen LogP contribution is -2.34. The molecule has 0 radical (unpaired) electrons. The smallest absolute Gasteiger partial charge is 0.223 e. The van der Waals surface area contributed by atoms with Gasteiger partial charge in [-0.1, -0.05) is 0 Å². The summed E-state index contributed by atoms with van der Waals surface area (Å²) in [5.74, 6) is 0.340. The average molecular weight is 234 g/mol. The van der Waals surface area contributed by atoms with E-state index >= 15 is 0 Å². The first-order valence-electron chi connectivity index (χ1n) is 5.69. The first-order valence-corrected chi connectivity index (χ1v) is 6.13. The van der Waals surface area contributed by atoms with E-state index in [4.69, 9.17) is 16.3 Å². The molecule has 1 rings (SSSR count). The van der Waals surface area contributed by atoms with Crippen molar-refractivity contribution < 1.29 is 9.53 Å². The summed E-state index contributed by atoms with van der Waals surface area (Å²) in [7, 11) is 0. The van der Waals surface area contributed by atoms with Gasteiger partial charge < -0.3 is 10.1 Å². The van der Waals surface area contributed by atoms with Crippen molar-refractivity contribution in [2.45, 2.75) is 38.0 Å². The summed E-state index contributed by atoms with van der Waals surface area (Å²) in [5, 5.41) is 3.15. The van der Waals surface area contributed by atoms with Gasteiger partial charge in [-0.25, -0.2) is 0 Å². The predicted molar refractivity (Wildman–Crippen MR) is 61.1 cm³/mol. The number of halogens is 1. The van der Waals surface area contributed by atoms with E-state index in [9.17, 15) is 4.79 Å². The summed E-state index contributed by atoms with van der Waals surface area (Å²) in [6.07, 6.45) is 3.63. The minimum Gasteiger partial charge on any atom is -0.381 e. The second-order valence-electron chi connectivity index (χ2n) is 4.10. The number of carbonyl (C=O) groups excluding carboxylic acids is 1. The van der Waals surface area contributed by atoms with Gasteiger partial charge in [-0.05, 0) is 32.6 Å². The normalized spacial score (nSPS) is 19.9. The molecule has 0 bridgehead atoms. The van der Waals surface area contributed by atoms with Crippen molar-refractivity contribution in [3.05, 3.63) is 0 Å². The van der Waals surface area contributed by atoms with Crippen LogP contribution in [0.25, 0.3) is 0 Å². The van der Waals surface area contributed by atoms with Crippen molar-refractivity contribution in [2.24, 2.45) is 5.92 Å². The van der Waals surface area contributed by atoms with Crippen molar-refractivity contribution in [3.8, 4) is 0 Å². The van der Waals surface area contributed by atoms with Crippen LogP contribution in [0.1, 0.15) is 32.6 Å². The second kappa shape index (κ2) is 7.07. The maximum absolute atomic E-state index is 11.6. The van der Waals surface area contributed by atoms with Gasteiger partial charge in [0.2, 0.25) is 5.91 Å². The van der Waals surface area contributed by atoms with Crippen LogP contribution >= 0.6 is 11.6 Å². The number of amides is 1. The quantitative estimate of drug-likeness (QED) is 0.582. The fourth-order valence-corrected chi connectivity index (χ4v) is 1.85. The van der Waals surface area contributed by atoms with Crippen molar-refractivity contribution >= 4 is 17.5 Å². The van der Waals surface area contributed by atoms with Gasteiger partial charge in [0, 0.05) is 31.1 Å². The zero-order valence-corrected chi connectivity index (χ0v) is 10.1. The van der Waals surface area contributed by atoms with Gasteiger partial charge in [-0.2, -0.15) is 0 Å². The third-order valence-corrected chi connectivity index (χ3v) is 2.89. The van der Waals surface area contributed by atoms with Crippen LogP contribution in [0, 0.1) is 5.92 Å². The molecule has 1 saturated heterocycles. The van der Waals surface area contributed by atoms with Gasteiger partial charge in [0.1, 0.15) is 0 Å². The number of hydrogen-bond donors (Lipinski definition) is 1. The highest BCUT2D eigenvalue weighted by Gasteiger charge is 2.20. The summed E-state index contributed by atoms with van der Waals surface area (Å²) < 4.78 is 5.21. The molecule has 1 unspecified atom stereocenters. The zero-order valence-electron chi connectivity index (χ0n) is 9.30. The molecule has 3 nitrogen and oxygen atoms in total. The lowest BCUT2D eigenvalue weighted by atomic mass is 9.99. The minimum absolute atomic E-state index is 0.159. The first kappa shape index (κ1) is 12.8. The van der Waals surface area contributed by atoms with E-state index in [0.29, 0.717) is 0 Å². The molecule has 88 valence electrons. The number of rotatable bonds is 5. The summed E-state index contributed by atoms with van der Waals surface area (Å²) >= 11 is 5.81. The Morgan fingerprint density at radius 2 is 2.20 bits per heavy atom. The summed E-state index contributed by atoms with van der Waals surface area (Å²) in [5.41, 5.74) is 0. The van der Waals surface area contributed by atoms with Crippen LogP contribution in [0.5, 0.6) is 0 Å². The molecule has 1 amide bonds. The van der Waals surface area contributed by atoms with Gasteiger partial charge in [-0.3, -0.25) is 4.79 Å². The van der Waals surface area contributed by atoms with Crippen LogP contribution in [0.3, 0.4) is 0 Å². The lowest BCUT2D eigenvalue weighted by Gasteiger charge is -2.21. The Hall–Kier alpha value is -0.280. The van der Waals surface area contributed by atoms with E-state index in [-0.39, 0.29) is 17.2 Å². The van der Waals surface area contributed by atoms with Gasteiger partial charge >= 0.3 is 0 Å². The van der Waals surface area contributed by atoms with Crippen molar-refractivity contribution in [3.63, 3.8) is 0 Å². The molecule has 0 aromatic carbocycles. The highest BCUT2D eigenvalue weighted by molar-refractivity contribution is 6.20. The van der Waals surface area contributed by atoms with Gasteiger partial charge in [0.25, 0.3) is 0 Å². The molecular formula is C11H20ClNO2. The Morgan fingerprint density at radius 1 is 1.53 bits per heavy atom. The maximum atomic E-state index is 11.6. The van der Waals surface area contributed by atoms with E-state index in [1.165, 1.54) is 0 Å². The molecule has 1 N–H and O–H groups in total. The highest BCUT2D eigenvalue weighted by Crippen LogP contribution is 2.14. The van der Waals surface area contributed by atoms with Crippen molar-refractivity contribution in [1.82, 2.24) is 5.32 Å². The maximum Gasteiger partial charge on any atom is 0.223 e. The van der Waals surface area contributed by atoms with Crippen LogP contribution in [0.4, 0.5) is 0 Å². The molecule has 0 aliphatic carbocycles. The molecule has 1 fully saturated rings. The summed E-state index contributed by atoms with van der Waals surface area (Å²) in [4.78, 5) is 11.6. The molecule has 1 aliphatic rings. The van der Waals surface area contributed by atoms with Crippen LogP contribution in [0.2, 0.25) is 0 Å². The molecule has 1 aliphatic heterocycles. The minimum atomic E-state index is 0.159. The van der Waals surface area contributed by atoms with Gasteiger partial charge in [0.05, 0.1) is 0 Å². The van der Waals surface area contributed by atoms with Gasteiger partial charge in [-0.15, -0.1) is 11.6 Å². The lowest BCUT2D eigenvalue weighted by molar-refractivity contribution is -0.127. The highest BCUT2D eigenvalue weighted by atomic mass is 35.5. The SMILES string of the molecule is CC(Cl)CCCNC(=O)C1CCOCC1. The van der Waals surface area contributed by atoms with Crippen LogP contribution in [0.15, 0.2) is 0 Å². The summed E-state index contributed by atoms with van der Waals surface area (Å²) in [6, 6.07) is 0. The van der Waals surface area contributed by atoms with Crippen LogP contribution in [-0.4, -0.2) is 31.0 Å². The van der Waals surface area contributed by atoms with Crippen molar-refractivity contribution in [1.29, 1.82) is 0 Å². The Bertz CT molecular complexity index is 191. The van der Waals surface area contributed by atoms with Crippen molar-refractivity contribution in [2.75, 3.05) is 19.8 Å². The molecule has 1 atom stereocenters. The van der Waals surface area contributed by atoms with E-state index in [1.807, 2.05) is 6.92 Å². The topological polar surface area (TPSA) is 38.3 Å². The Balaban J connectivity index is 2.07. The second-order valence-corrected chi connectivity index (χ2v) is 4.85. The Labute approximate surface area is 96.5 Å². The molecule has 1 heterocycles. The zero-order chi connectivity index (χ0) is 11.1. The fourth-order valence-electron chi connectivity index (χ4n) is 1.70.